The van der Waals surface area contributed by atoms with E-state index in [-0.39, 0.29) is 24.3 Å². The first-order valence-corrected chi connectivity index (χ1v) is 19.8. The molecular formula is C40H44N12O4. The van der Waals surface area contributed by atoms with Crippen molar-refractivity contribution in [3.63, 3.8) is 0 Å². The molecule has 16 nitrogen and oxygen atoms in total. The van der Waals surface area contributed by atoms with E-state index in [0.29, 0.717) is 41.3 Å². The van der Waals surface area contributed by atoms with Gasteiger partial charge in [0.1, 0.15) is 5.75 Å². The number of piperazine rings is 1. The average molecular weight is 757 g/mol. The van der Waals surface area contributed by atoms with Gasteiger partial charge in [-0.15, -0.1) is 0 Å². The summed E-state index contributed by atoms with van der Waals surface area (Å²) in [7, 11) is 0. The van der Waals surface area contributed by atoms with E-state index in [2.05, 4.69) is 57.4 Å². The van der Waals surface area contributed by atoms with Crippen molar-refractivity contribution in [1.29, 1.82) is 0 Å². The van der Waals surface area contributed by atoms with Crippen molar-refractivity contribution in [3.05, 3.63) is 73.1 Å². The number of nitrogens with one attached hydrogen (secondary N) is 2. The van der Waals surface area contributed by atoms with Crippen LogP contribution in [0.1, 0.15) is 67.8 Å². The summed E-state index contributed by atoms with van der Waals surface area (Å²) in [5.74, 6) is 1.25. The lowest BCUT2D eigenvalue weighted by Crippen LogP contribution is -2.51. The summed E-state index contributed by atoms with van der Waals surface area (Å²) in [6.45, 7) is 5.22. The maximum absolute atomic E-state index is 13.6. The molecule has 2 saturated carbocycles. The lowest BCUT2D eigenvalue weighted by atomic mass is 9.84. The number of urea groups is 1. The molecular weight excluding hydrogens is 713 g/mol. The molecule has 5 aromatic heterocycles. The molecule has 56 heavy (non-hydrogen) atoms. The standard InChI is InChI=1S/C40H44N12O4/c53-38-11-14-49(40(55)45-38)33-22-41-23-34-30(33)10-15-51(34)48-18-16-47(17-19-48)13-9-26-3-5-28(6-4-26)50-25-27-20-31(35(21-32(27)46-50)56-29-7-8-29)39(54)44-37-24-42-36-2-1-12-43-52(36)37/h1-2,10,12,15,20-26,28-29H,3-9,11,13-14,16-19H2,(H,44,54)(H,45,53,55). The number of carbonyl (C=O) groups excluding carboxylic acids is 3. The first-order chi connectivity index (χ1) is 27.4. The van der Waals surface area contributed by atoms with Crippen LogP contribution in [0.15, 0.2) is 67.5 Å². The maximum Gasteiger partial charge on any atom is 0.328 e. The molecule has 1 aromatic carbocycles. The van der Waals surface area contributed by atoms with E-state index in [1.165, 1.54) is 19.3 Å². The fourth-order valence-electron chi connectivity index (χ4n) is 8.52. The number of imidazole rings is 1. The predicted molar refractivity (Wildman–Crippen MR) is 210 cm³/mol. The van der Waals surface area contributed by atoms with E-state index in [1.807, 2.05) is 36.5 Å². The second kappa shape index (κ2) is 14.2. The molecule has 4 fully saturated rings. The van der Waals surface area contributed by atoms with Crippen LogP contribution in [0.2, 0.25) is 0 Å². The highest BCUT2D eigenvalue weighted by Gasteiger charge is 2.30. The number of fused-ring (bicyclic) bond motifs is 3. The molecule has 2 N–H and O–H groups in total. The van der Waals surface area contributed by atoms with Gasteiger partial charge in [0.2, 0.25) is 5.91 Å². The molecule has 0 atom stereocenters. The summed E-state index contributed by atoms with van der Waals surface area (Å²) in [6.07, 6.45) is 19.1. The van der Waals surface area contributed by atoms with Gasteiger partial charge in [0.15, 0.2) is 11.5 Å². The monoisotopic (exact) mass is 756 g/mol. The smallest absolute Gasteiger partial charge is 0.328 e. The second-order valence-electron chi connectivity index (χ2n) is 15.5. The Bertz CT molecular complexity index is 2450. The third-order valence-electron chi connectivity index (χ3n) is 11.8. The van der Waals surface area contributed by atoms with Gasteiger partial charge in [0.25, 0.3) is 5.91 Å². The van der Waals surface area contributed by atoms with Crippen molar-refractivity contribution in [2.75, 3.05) is 54.5 Å². The Kier molecular flexibility index (Phi) is 8.76. The highest BCUT2D eigenvalue weighted by molar-refractivity contribution is 6.10. The number of ether oxygens (including phenoxy) is 1. The second-order valence-corrected chi connectivity index (χ2v) is 15.5. The lowest BCUT2D eigenvalue weighted by Gasteiger charge is -2.38. The number of aromatic nitrogens is 7. The van der Waals surface area contributed by atoms with Gasteiger partial charge in [-0.25, -0.2) is 9.78 Å². The Morgan fingerprint density at radius 1 is 0.964 bits per heavy atom. The van der Waals surface area contributed by atoms with Crippen LogP contribution in [0.4, 0.5) is 16.3 Å². The Labute approximate surface area is 322 Å². The van der Waals surface area contributed by atoms with Gasteiger partial charge in [0.05, 0.1) is 53.0 Å². The first-order valence-electron chi connectivity index (χ1n) is 19.8. The average Bonchev–Trinajstić information content (AvgIpc) is 3.57. The third-order valence-corrected chi connectivity index (χ3v) is 11.8. The Hall–Kier alpha value is -6.03. The SMILES string of the molecule is O=C1CCN(c2cncc3c2ccn3N2CCN(CCC3CCC(n4cc5cc(C(=O)Nc6cnc7cccnn67)c(OC6CC6)cc5n4)CC3)CC2)C(=O)N1. The van der Waals surface area contributed by atoms with Gasteiger partial charge in [-0.2, -0.15) is 14.7 Å². The number of rotatable bonds is 10. The molecule has 4 aliphatic rings. The van der Waals surface area contributed by atoms with Crippen LogP contribution < -0.4 is 25.3 Å². The van der Waals surface area contributed by atoms with Crippen LogP contribution in [0, 0.1) is 5.92 Å². The Morgan fingerprint density at radius 2 is 1.82 bits per heavy atom. The van der Waals surface area contributed by atoms with Crippen LogP contribution in [-0.2, 0) is 4.79 Å². The van der Waals surface area contributed by atoms with Gasteiger partial charge >= 0.3 is 6.03 Å². The summed E-state index contributed by atoms with van der Waals surface area (Å²) in [6, 6.07) is 9.44. The van der Waals surface area contributed by atoms with Gasteiger partial charge in [0, 0.05) is 74.6 Å². The van der Waals surface area contributed by atoms with Gasteiger partial charge in [-0.1, -0.05) is 0 Å². The summed E-state index contributed by atoms with van der Waals surface area (Å²) in [4.78, 5) is 50.8. The minimum atomic E-state index is -0.398. The van der Waals surface area contributed by atoms with E-state index >= 15 is 0 Å². The number of nitrogens with zero attached hydrogens (tertiary/aromatic N) is 10. The topological polar surface area (TPSA) is 160 Å². The van der Waals surface area contributed by atoms with E-state index in [0.717, 1.165) is 85.9 Å². The molecule has 0 spiro atoms. The number of hydrogen-bond acceptors (Lipinski definition) is 10. The number of imide groups is 1. The molecule has 0 radical (unpaired) electrons. The van der Waals surface area contributed by atoms with Crippen LogP contribution in [0.5, 0.6) is 5.75 Å². The molecule has 0 unspecified atom stereocenters. The predicted octanol–water partition coefficient (Wildman–Crippen LogP) is 4.74. The number of anilines is 2. The molecule has 16 heteroatoms. The largest absolute Gasteiger partial charge is 0.490 e. The van der Waals surface area contributed by atoms with Crippen LogP contribution in [-0.4, -0.2) is 102 Å². The molecule has 7 heterocycles. The minimum absolute atomic E-state index is 0.135. The minimum Gasteiger partial charge on any atom is -0.490 e. The Balaban J connectivity index is 0.739. The van der Waals surface area contributed by atoms with Gasteiger partial charge < -0.3 is 15.1 Å². The molecule has 6 aromatic rings. The zero-order valence-corrected chi connectivity index (χ0v) is 31.1. The number of pyridine rings is 1. The molecule has 10 rings (SSSR count). The zero-order valence-electron chi connectivity index (χ0n) is 31.1. The summed E-state index contributed by atoms with van der Waals surface area (Å²) in [5, 5.41) is 18.9. The number of carbonyl (C=O) groups is 3. The molecule has 4 amide bonds. The quantitative estimate of drug-likeness (QED) is 0.200. The summed E-state index contributed by atoms with van der Waals surface area (Å²) >= 11 is 0. The first kappa shape index (κ1) is 34.5. The summed E-state index contributed by atoms with van der Waals surface area (Å²) < 4.78 is 12.1. The molecule has 288 valence electrons. The normalized spacial score (nSPS) is 20.9. The van der Waals surface area contributed by atoms with Crippen molar-refractivity contribution in [2.45, 2.75) is 63.5 Å². The van der Waals surface area contributed by atoms with Crippen LogP contribution in [0.25, 0.3) is 27.5 Å². The van der Waals surface area contributed by atoms with E-state index in [4.69, 9.17) is 9.84 Å². The van der Waals surface area contributed by atoms with Crippen molar-refractivity contribution in [2.24, 2.45) is 5.92 Å². The van der Waals surface area contributed by atoms with Gasteiger partial charge in [-0.05, 0) is 81.7 Å². The van der Waals surface area contributed by atoms with Gasteiger partial charge in [-0.3, -0.25) is 39.0 Å². The fraction of sp³-hybridized carbons (Fsp3) is 0.425. The third kappa shape index (κ3) is 6.67. The van der Waals surface area contributed by atoms with Crippen molar-refractivity contribution in [3.8, 4) is 5.75 Å². The number of benzene rings is 1. The van der Waals surface area contributed by atoms with Crippen LogP contribution in [0.3, 0.4) is 0 Å². The van der Waals surface area contributed by atoms with Crippen molar-refractivity contribution in [1.82, 2.24) is 44.3 Å². The summed E-state index contributed by atoms with van der Waals surface area (Å²) in [5.41, 5.74) is 3.66. The Morgan fingerprint density at radius 3 is 2.64 bits per heavy atom. The maximum atomic E-state index is 13.6. The molecule has 2 saturated heterocycles. The van der Waals surface area contributed by atoms with E-state index < -0.39 is 6.03 Å². The number of amides is 4. The lowest BCUT2D eigenvalue weighted by molar-refractivity contribution is -0.120. The van der Waals surface area contributed by atoms with Crippen LogP contribution >= 0.6 is 0 Å². The van der Waals surface area contributed by atoms with Crippen molar-refractivity contribution < 1.29 is 19.1 Å². The highest BCUT2D eigenvalue weighted by Crippen LogP contribution is 2.37. The molecule has 0 bridgehead atoms. The highest BCUT2D eigenvalue weighted by atomic mass is 16.5. The van der Waals surface area contributed by atoms with Crippen molar-refractivity contribution >= 4 is 56.8 Å². The zero-order chi connectivity index (χ0) is 37.8. The fourth-order valence-corrected chi connectivity index (χ4v) is 8.52. The number of hydrogen-bond donors (Lipinski definition) is 2. The van der Waals surface area contributed by atoms with E-state index in [1.54, 1.807) is 28.0 Å². The molecule has 2 aliphatic heterocycles. The molecule has 2 aliphatic carbocycles. The van der Waals surface area contributed by atoms with E-state index in [9.17, 15) is 14.4 Å².